The predicted molar refractivity (Wildman–Crippen MR) is 77.2 cm³/mol. The lowest BCUT2D eigenvalue weighted by Crippen LogP contribution is -2.05. The molecule has 21 heavy (non-hydrogen) atoms. The van der Waals surface area contributed by atoms with Gasteiger partial charge in [-0.1, -0.05) is 6.07 Å². The molecule has 1 aromatic heterocycles. The van der Waals surface area contributed by atoms with Crippen LogP contribution in [-0.4, -0.2) is 17.3 Å². The van der Waals surface area contributed by atoms with Crippen LogP contribution in [0.1, 0.15) is 22.4 Å². The lowest BCUT2D eigenvalue weighted by Gasteiger charge is -2.13. The number of nitrogens with one attached hydrogen (secondary N) is 1. The van der Waals surface area contributed by atoms with Crippen LogP contribution in [-0.2, 0) is 0 Å². The van der Waals surface area contributed by atoms with Crippen molar-refractivity contribution in [2.24, 2.45) is 0 Å². The Morgan fingerprint density at radius 2 is 1.90 bits per heavy atom. The summed E-state index contributed by atoms with van der Waals surface area (Å²) < 4.78 is 5.24. The number of nitrogens with zero attached hydrogens (tertiary/aromatic N) is 4. The van der Waals surface area contributed by atoms with E-state index in [1.165, 1.54) is 7.11 Å². The summed E-state index contributed by atoms with van der Waals surface area (Å²) in [6.07, 6.45) is 0. The van der Waals surface area contributed by atoms with E-state index in [4.69, 9.17) is 4.74 Å². The number of aromatic nitrogens is 2. The van der Waals surface area contributed by atoms with Gasteiger partial charge in [-0.3, -0.25) is 0 Å². The van der Waals surface area contributed by atoms with Gasteiger partial charge < -0.3 is 10.1 Å². The van der Waals surface area contributed by atoms with E-state index in [2.05, 4.69) is 27.7 Å². The van der Waals surface area contributed by atoms with Crippen LogP contribution in [0.5, 0.6) is 5.75 Å². The van der Waals surface area contributed by atoms with Gasteiger partial charge in [0.15, 0.2) is 5.82 Å². The minimum Gasteiger partial charge on any atom is -0.495 e. The zero-order chi connectivity index (χ0) is 15.4. The van der Waals surface area contributed by atoms with E-state index >= 15 is 0 Å². The molecule has 6 heteroatoms. The maximum absolute atomic E-state index is 9.30. The lowest BCUT2D eigenvalue weighted by atomic mass is 10.1. The number of hydrogen-bond donors (Lipinski definition) is 1. The van der Waals surface area contributed by atoms with Gasteiger partial charge in [0.2, 0.25) is 0 Å². The first-order valence-electron chi connectivity index (χ1n) is 6.20. The summed E-state index contributed by atoms with van der Waals surface area (Å²) in [5.74, 6) is 0.805. The van der Waals surface area contributed by atoms with Gasteiger partial charge in [0.1, 0.15) is 29.1 Å². The van der Waals surface area contributed by atoms with Crippen LogP contribution in [0.25, 0.3) is 0 Å². The molecule has 0 aliphatic rings. The number of methoxy groups -OCH3 is 1. The molecule has 0 bridgehead atoms. The topological polar surface area (TPSA) is 94.6 Å². The normalized spacial score (nSPS) is 9.57. The molecular formula is C15H13N5O. The molecule has 0 atom stereocenters. The second-order valence-electron chi connectivity index (χ2n) is 4.37. The third-order valence-corrected chi connectivity index (χ3v) is 3.18. The molecule has 0 spiro atoms. The zero-order valence-electron chi connectivity index (χ0n) is 11.9. The van der Waals surface area contributed by atoms with E-state index in [0.717, 1.165) is 5.56 Å². The standard InChI is InChI=1S/C15H13N5O/c1-9-10(2)19-20-15(12(9)8-17)18-14-11(7-16)5-4-6-13(14)21-3/h4-6H,1-3H3,(H,18,20). The summed E-state index contributed by atoms with van der Waals surface area (Å²) in [5.41, 5.74) is 2.72. The first-order valence-corrected chi connectivity index (χ1v) is 6.20. The third-order valence-electron chi connectivity index (χ3n) is 3.18. The highest BCUT2D eigenvalue weighted by atomic mass is 16.5. The summed E-state index contributed by atoms with van der Waals surface area (Å²) in [7, 11) is 1.51. The second-order valence-corrected chi connectivity index (χ2v) is 4.37. The molecule has 0 saturated heterocycles. The average Bonchev–Trinajstić information content (AvgIpc) is 2.51. The lowest BCUT2D eigenvalue weighted by molar-refractivity contribution is 0.416. The van der Waals surface area contributed by atoms with Crippen molar-refractivity contribution in [1.82, 2.24) is 10.2 Å². The molecule has 2 rings (SSSR count). The highest BCUT2D eigenvalue weighted by Gasteiger charge is 2.15. The maximum Gasteiger partial charge on any atom is 0.171 e. The summed E-state index contributed by atoms with van der Waals surface area (Å²) in [6, 6.07) is 9.30. The van der Waals surface area contributed by atoms with Crippen molar-refractivity contribution in [3.8, 4) is 17.9 Å². The SMILES string of the molecule is COc1cccc(C#N)c1Nc1nnc(C)c(C)c1C#N. The number of nitriles is 2. The Bertz CT molecular complexity index is 771. The van der Waals surface area contributed by atoms with Gasteiger partial charge >= 0.3 is 0 Å². The van der Waals surface area contributed by atoms with Crippen molar-refractivity contribution in [3.05, 3.63) is 40.6 Å². The van der Waals surface area contributed by atoms with Gasteiger partial charge in [-0.05, 0) is 31.5 Å². The number of aryl methyl sites for hydroxylation is 1. The van der Waals surface area contributed by atoms with Crippen LogP contribution in [0.3, 0.4) is 0 Å². The average molecular weight is 279 g/mol. The number of para-hydroxylation sites is 1. The Labute approximate surface area is 122 Å². The summed E-state index contributed by atoms with van der Waals surface area (Å²) in [5, 5.41) is 29.5. The number of rotatable bonds is 3. The minimum absolute atomic E-state index is 0.307. The molecule has 1 N–H and O–H groups in total. The van der Waals surface area contributed by atoms with Gasteiger partial charge in [-0.25, -0.2) is 0 Å². The van der Waals surface area contributed by atoms with Crippen molar-refractivity contribution in [1.29, 1.82) is 10.5 Å². The Balaban J connectivity index is 2.57. The Hall–Kier alpha value is -3.12. The molecule has 0 fully saturated rings. The van der Waals surface area contributed by atoms with Gasteiger partial charge in [0.05, 0.1) is 18.4 Å². The molecule has 104 valence electrons. The van der Waals surface area contributed by atoms with Gasteiger partial charge in [-0.2, -0.15) is 15.6 Å². The monoisotopic (exact) mass is 279 g/mol. The molecule has 0 aliphatic heterocycles. The van der Waals surface area contributed by atoms with E-state index < -0.39 is 0 Å². The fraction of sp³-hybridized carbons (Fsp3) is 0.200. The van der Waals surface area contributed by atoms with Crippen molar-refractivity contribution in [2.45, 2.75) is 13.8 Å². The van der Waals surface area contributed by atoms with E-state index in [1.807, 2.05) is 0 Å². The largest absolute Gasteiger partial charge is 0.495 e. The van der Waals surface area contributed by atoms with E-state index in [-0.39, 0.29) is 0 Å². The molecule has 1 heterocycles. The summed E-state index contributed by atoms with van der Waals surface area (Å²) in [6.45, 7) is 3.60. The first-order chi connectivity index (χ1) is 10.1. The van der Waals surface area contributed by atoms with Gasteiger partial charge in [0, 0.05) is 0 Å². The Morgan fingerprint density at radius 3 is 2.52 bits per heavy atom. The molecule has 0 radical (unpaired) electrons. The molecule has 6 nitrogen and oxygen atoms in total. The smallest absolute Gasteiger partial charge is 0.171 e. The fourth-order valence-electron chi connectivity index (χ4n) is 1.87. The second kappa shape index (κ2) is 5.89. The van der Waals surface area contributed by atoms with Crippen LogP contribution in [0.15, 0.2) is 18.2 Å². The number of hydrogen-bond acceptors (Lipinski definition) is 6. The molecule has 0 amide bonds. The zero-order valence-corrected chi connectivity index (χ0v) is 11.9. The van der Waals surface area contributed by atoms with Crippen LogP contribution in [0.4, 0.5) is 11.5 Å². The fourth-order valence-corrected chi connectivity index (χ4v) is 1.87. The van der Waals surface area contributed by atoms with E-state index in [9.17, 15) is 10.5 Å². The van der Waals surface area contributed by atoms with Crippen molar-refractivity contribution in [2.75, 3.05) is 12.4 Å². The van der Waals surface area contributed by atoms with Crippen molar-refractivity contribution < 1.29 is 4.74 Å². The maximum atomic E-state index is 9.30. The first kappa shape index (κ1) is 14.3. The highest BCUT2D eigenvalue weighted by molar-refractivity contribution is 5.74. The molecule has 2 aromatic rings. The highest BCUT2D eigenvalue weighted by Crippen LogP contribution is 2.31. The Morgan fingerprint density at radius 1 is 1.14 bits per heavy atom. The van der Waals surface area contributed by atoms with Crippen LogP contribution in [0, 0.1) is 36.5 Å². The number of benzene rings is 1. The van der Waals surface area contributed by atoms with Crippen LogP contribution < -0.4 is 10.1 Å². The predicted octanol–water partition coefficient (Wildman–Crippen LogP) is 2.59. The molecule has 0 saturated carbocycles. The van der Waals surface area contributed by atoms with Crippen molar-refractivity contribution >= 4 is 11.5 Å². The third kappa shape index (κ3) is 2.60. The molecule has 1 aromatic carbocycles. The molecule has 0 unspecified atom stereocenters. The summed E-state index contributed by atoms with van der Waals surface area (Å²) in [4.78, 5) is 0. The van der Waals surface area contributed by atoms with E-state index in [1.54, 1.807) is 32.0 Å². The van der Waals surface area contributed by atoms with E-state index in [0.29, 0.717) is 34.1 Å². The van der Waals surface area contributed by atoms with Crippen LogP contribution in [0.2, 0.25) is 0 Å². The quantitative estimate of drug-likeness (QED) is 0.927. The molecular weight excluding hydrogens is 266 g/mol. The number of ether oxygens (including phenoxy) is 1. The van der Waals surface area contributed by atoms with Gasteiger partial charge in [0.25, 0.3) is 0 Å². The number of anilines is 2. The molecule has 0 aliphatic carbocycles. The Kier molecular flexibility index (Phi) is 4.01. The van der Waals surface area contributed by atoms with Crippen LogP contribution >= 0.6 is 0 Å². The summed E-state index contributed by atoms with van der Waals surface area (Å²) >= 11 is 0. The minimum atomic E-state index is 0.307. The van der Waals surface area contributed by atoms with Gasteiger partial charge in [-0.15, -0.1) is 5.10 Å². The van der Waals surface area contributed by atoms with Crippen molar-refractivity contribution in [3.63, 3.8) is 0 Å².